The first-order valence-corrected chi connectivity index (χ1v) is 7.16. The molecular weight excluding hydrogens is 305 g/mol. The Kier molecular flexibility index (Phi) is 6.39. The highest BCUT2D eigenvalue weighted by atomic mass is 19.1. The lowest BCUT2D eigenvalue weighted by molar-refractivity contribution is 0.0642. The lowest BCUT2D eigenvalue weighted by Crippen LogP contribution is -2.41. The minimum Gasteiger partial charge on any atom is -0.378 e. The zero-order chi connectivity index (χ0) is 16.7. The van der Waals surface area contributed by atoms with Crippen molar-refractivity contribution in [3.05, 3.63) is 34.5 Å². The molecule has 23 heavy (non-hydrogen) atoms. The molecule has 1 fully saturated rings. The van der Waals surface area contributed by atoms with Crippen molar-refractivity contribution in [1.29, 1.82) is 0 Å². The molecule has 10 heteroatoms. The maximum atomic E-state index is 14.3. The molecule has 0 aliphatic carbocycles. The third-order valence-corrected chi connectivity index (χ3v) is 3.56. The first-order chi connectivity index (χ1) is 11.2. The average Bonchev–Trinajstić information content (AvgIpc) is 2.59. The Labute approximate surface area is 133 Å². The van der Waals surface area contributed by atoms with Gasteiger partial charge >= 0.3 is 0 Å². The van der Waals surface area contributed by atoms with Crippen LogP contribution in [0.2, 0.25) is 0 Å². The van der Waals surface area contributed by atoms with E-state index in [0.29, 0.717) is 37.7 Å². The van der Waals surface area contributed by atoms with Crippen LogP contribution >= 0.6 is 0 Å². The van der Waals surface area contributed by atoms with Gasteiger partial charge < -0.3 is 14.6 Å². The molecule has 1 aromatic rings. The Morgan fingerprint density at radius 3 is 2.83 bits per heavy atom. The van der Waals surface area contributed by atoms with Gasteiger partial charge in [0.2, 0.25) is 0 Å². The van der Waals surface area contributed by atoms with Gasteiger partial charge in [0.25, 0.3) is 0 Å². The molecule has 0 spiro atoms. The number of benzene rings is 1. The molecule has 1 aromatic carbocycles. The lowest BCUT2D eigenvalue weighted by Gasteiger charge is -2.30. The van der Waals surface area contributed by atoms with Crippen LogP contribution in [0.15, 0.2) is 23.3 Å². The molecule has 2 rings (SSSR count). The summed E-state index contributed by atoms with van der Waals surface area (Å²) in [5.41, 5.74) is 9.30. The van der Waals surface area contributed by atoms with Crippen molar-refractivity contribution in [3.63, 3.8) is 0 Å². The van der Waals surface area contributed by atoms with Crippen molar-refractivity contribution >= 4 is 11.4 Å². The third-order valence-electron chi connectivity index (χ3n) is 3.56. The van der Waals surface area contributed by atoms with E-state index in [2.05, 4.69) is 10.0 Å². The van der Waals surface area contributed by atoms with E-state index in [1.54, 1.807) is 12.1 Å². The predicted octanol–water partition coefficient (Wildman–Crippen LogP) is 0.912. The summed E-state index contributed by atoms with van der Waals surface area (Å²) in [5.74, 6) is 10.7. The summed E-state index contributed by atoms with van der Waals surface area (Å²) in [6.45, 7) is 2.66. The number of hydrogen-bond acceptors (Lipinski definition) is 7. The van der Waals surface area contributed by atoms with Crippen LogP contribution in [0.4, 0.5) is 15.8 Å². The quantitative estimate of drug-likeness (QED) is 0.252. The van der Waals surface area contributed by atoms with Crippen LogP contribution < -0.4 is 21.6 Å². The van der Waals surface area contributed by atoms with Crippen molar-refractivity contribution in [2.24, 2.45) is 16.9 Å². The van der Waals surface area contributed by atoms with E-state index in [1.807, 2.05) is 4.90 Å². The van der Waals surface area contributed by atoms with E-state index in [1.165, 1.54) is 11.1 Å². The van der Waals surface area contributed by atoms with Crippen LogP contribution in [0.25, 0.3) is 10.4 Å². The van der Waals surface area contributed by atoms with Crippen LogP contribution in [-0.4, -0.2) is 45.5 Å². The Morgan fingerprint density at radius 1 is 1.48 bits per heavy atom. The van der Waals surface area contributed by atoms with Gasteiger partial charge in [-0.2, -0.15) is 0 Å². The van der Waals surface area contributed by atoms with E-state index in [-0.39, 0.29) is 18.9 Å². The molecule has 0 bridgehead atoms. The first-order valence-electron chi connectivity index (χ1n) is 7.16. The van der Waals surface area contributed by atoms with Gasteiger partial charge in [0.1, 0.15) is 11.9 Å². The molecule has 126 valence electrons. The van der Waals surface area contributed by atoms with Crippen LogP contribution in [0.5, 0.6) is 0 Å². The monoisotopic (exact) mass is 325 g/mol. The summed E-state index contributed by atoms with van der Waals surface area (Å²) in [7, 11) is 0. The first kappa shape index (κ1) is 17.3. The maximum Gasteiger partial charge on any atom is 0.148 e. The van der Waals surface area contributed by atoms with Crippen molar-refractivity contribution in [2.45, 2.75) is 6.10 Å². The zero-order valence-electron chi connectivity index (χ0n) is 12.6. The fraction of sp³-hybridized carbons (Fsp3) is 0.538. The SMILES string of the molecule is [N-]=[N+]=NC[C@H](CN(N)c1ccc(N2CCOCC2)c(F)c1)ON. The summed E-state index contributed by atoms with van der Waals surface area (Å²) in [6.07, 6.45) is -0.585. The topological polar surface area (TPSA) is 126 Å². The summed E-state index contributed by atoms with van der Waals surface area (Å²) in [6, 6.07) is 4.75. The molecule has 1 aliphatic rings. The number of morpholine rings is 1. The molecule has 1 saturated heterocycles. The van der Waals surface area contributed by atoms with Crippen LogP contribution in [0, 0.1) is 5.82 Å². The van der Waals surface area contributed by atoms with Gasteiger partial charge in [0, 0.05) is 24.1 Å². The van der Waals surface area contributed by atoms with Crippen molar-refractivity contribution in [3.8, 4) is 0 Å². The number of ether oxygens (including phenoxy) is 1. The minimum atomic E-state index is -0.585. The average molecular weight is 325 g/mol. The second-order valence-corrected chi connectivity index (χ2v) is 5.06. The molecule has 1 heterocycles. The van der Waals surface area contributed by atoms with Crippen molar-refractivity contribution < 1.29 is 14.0 Å². The van der Waals surface area contributed by atoms with E-state index in [9.17, 15) is 4.39 Å². The van der Waals surface area contributed by atoms with Gasteiger partial charge in [-0.15, -0.1) is 0 Å². The number of halogens is 1. The molecule has 0 radical (unpaired) electrons. The number of rotatable bonds is 7. The Balaban J connectivity index is 2.04. The van der Waals surface area contributed by atoms with E-state index >= 15 is 0 Å². The maximum absolute atomic E-state index is 14.3. The summed E-state index contributed by atoms with van der Waals surface area (Å²) >= 11 is 0. The Morgan fingerprint density at radius 2 is 2.22 bits per heavy atom. The molecule has 1 atom stereocenters. The van der Waals surface area contributed by atoms with Crippen LogP contribution in [0.3, 0.4) is 0 Å². The number of hydrogen-bond donors (Lipinski definition) is 2. The summed E-state index contributed by atoms with van der Waals surface area (Å²) in [4.78, 5) is 9.25. The van der Waals surface area contributed by atoms with E-state index in [4.69, 9.17) is 26.8 Å². The number of anilines is 2. The van der Waals surface area contributed by atoms with Gasteiger partial charge in [-0.1, -0.05) is 5.11 Å². The van der Waals surface area contributed by atoms with Crippen LogP contribution in [0.1, 0.15) is 0 Å². The second kappa shape index (κ2) is 8.51. The normalized spacial score (nSPS) is 15.9. The zero-order valence-corrected chi connectivity index (χ0v) is 12.6. The Hall–Kier alpha value is -2.10. The highest BCUT2D eigenvalue weighted by Crippen LogP contribution is 2.25. The van der Waals surface area contributed by atoms with E-state index < -0.39 is 6.10 Å². The minimum absolute atomic E-state index is 0.0367. The third kappa shape index (κ3) is 4.68. The highest BCUT2D eigenvalue weighted by molar-refractivity contribution is 5.57. The predicted molar refractivity (Wildman–Crippen MR) is 84.0 cm³/mol. The number of nitrogens with zero attached hydrogens (tertiary/aromatic N) is 5. The lowest BCUT2D eigenvalue weighted by atomic mass is 10.2. The molecule has 9 nitrogen and oxygen atoms in total. The molecule has 0 aromatic heterocycles. The van der Waals surface area contributed by atoms with Gasteiger partial charge in [-0.05, 0) is 17.7 Å². The second-order valence-electron chi connectivity index (χ2n) is 5.06. The molecule has 0 unspecified atom stereocenters. The van der Waals surface area contributed by atoms with Gasteiger partial charge in [0.15, 0.2) is 0 Å². The van der Waals surface area contributed by atoms with Gasteiger partial charge in [-0.3, -0.25) is 4.84 Å². The molecule has 1 aliphatic heterocycles. The van der Waals surface area contributed by atoms with Gasteiger partial charge in [0.05, 0.1) is 37.7 Å². The van der Waals surface area contributed by atoms with E-state index in [0.717, 1.165) is 0 Å². The fourth-order valence-corrected chi connectivity index (χ4v) is 2.33. The summed E-state index contributed by atoms with van der Waals surface area (Å²) in [5, 5.41) is 4.69. The molecule has 0 saturated carbocycles. The number of nitrogens with two attached hydrogens (primary N) is 2. The smallest absolute Gasteiger partial charge is 0.148 e. The summed E-state index contributed by atoms with van der Waals surface area (Å²) < 4.78 is 19.6. The number of azide groups is 1. The molecular formula is C13H20FN7O2. The largest absolute Gasteiger partial charge is 0.378 e. The van der Waals surface area contributed by atoms with Crippen molar-refractivity contribution in [2.75, 3.05) is 49.3 Å². The van der Waals surface area contributed by atoms with Crippen LogP contribution in [-0.2, 0) is 9.57 Å². The highest BCUT2D eigenvalue weighted by Gasteiger charge is 2.17. The standard InChI is InChI=1S/C13H20FN7O2/c14-12-7-10(21(16)9-11(23-17)8-18-19-15)1-2-13(12)20-3-5-22-6-4-20/h1-2,7,11H,3-6,8-9,16-17H2/t11-/m1/s1. The van der Waals surface area contributed by atoms with Crippen molar-refractivity contribution in [1.82, 2.24) is 0 Å². The Bertz CT molecular complexity index is 561. The molecule has 0 amide bonds. The molecule has 4 N–H and O–H groups in total. The van der Waals surface area contributed by atoms with Gasteiger partial charge in [-0.25, -0.2) is 16.1 Å². The number of hydrazine groups is 1. The fourth-order valence-electron chi connectivity index (χ4n) is 2.33.